The van der Waals surface area contributed by atoms with E-state index in [1.165, 1.54) is 18.3 Å². The second-order valence-electron chi connectivity index (χ2n) is 3.62. The number of aromatic carboxylic acids is 1. The van der Waals surface area contributed by atoms with Crippen molar-refractivity contribution in [1.29, 1.82) is 0 Å². The van der Waals surface area contributed by atoms with Gasteiger partial charge in [0.1, 0.15) is 5.60 Å². The predicted octanol–water partition coefficient (Wildman–Crippen LogP) is 1.15. The van der Waals surface area contributed by atoms with Gasteiger partial charge in [-0.05, 0) is 31.4 Å². The van der Waals surface area contributed by atoms with E-state index in [0.29, 0.717) is 18.5 Å². The lowest BCUT2D eigenvalue weighted by atomic mass is 9.77. The Morgan fingerprint density at radius 2 is 2.21 bits per heavy atom. The van der Waals surface area contributed by atoms with Crippen LogP contribution in [0.5, 0.6) is 0 Å². The van der Waals surface area contributed by atoms with Crippen LogP contribution < -0.4 is 0 Å². The highest BCUT2D eigenvalue weighted by molar-refractivity contribution is 5.87. The van der Waals surface area contributed by atoms with E-state index < -0.39 is 11.6 Å². The summed E-state index contributed by atoms with van der Waals surface area (Å²) in [5.74, 6) is -0.989. The molecule has 1 aliphatic rings. The van der Waals surface area contributed by atoms with Crippen LogP contribution in [0.15, 0.2) is 18.3 Å². The van der Waals surface area contributed by atoms with Gasteiger partial charge in [-0.3, -0.25) is 4.98 Å². The number of aliphatic hydroxyl groups is 1. The van der Waals surface area contributed by atoms with Crippen molar-refractivity contribution >= 4 is 5.97 Å². The van der Waals surface area contributed by atoms with Gasteiger partial charge in [-0.1, -0.05) is 0 Å². The molecule has 2 rings (SSSR count). The zero-order chi connectivity index (χ0) is 10.2. The maximum atomic E-state index is 10.7. The van der Waals surface area contributed by atoms with Crippen LogP contribution in [-0.4, -0.2) is 21.2 Å². The quantitative estimate of drug-likeness (QED) is 0.739. The van der Waals surface area contributed by atoms with E-state index in [0.717, 1.165) is 6.42 Å². The minimum Gasteiger partial charge on any atom is -0.478 e. The van der Waals surface area contributed by atoms with Crippen LogP contribution in [0.4, 0.5) is 0 Å². The van der Waals surface area contributed by atoms with Crippen LogP contribution in [0.2, 0.25) is 0 Å². The number of nitrogens with zero attached hydrogens (tertiary/aromatic N) is 1. The summed E-state index contributed by atoms with van der Waals surface area (Å²) in [4.78, 5) is 14.7. The molecule has 1 aliphatic carbocycles. The Morgan fingerprint density at radius 3 is 2.71 bits per heavy atom. The summed E-state index contributed by atoms with van der Waals surface area (Å²) in [6.45, 7) is 0. The van der Waals surface area contributed by atoms with Gasteiger partial charge in [0.2, 0.25) is 0 Å². The van der Waals surface area contributed by atoms with Gasteiger partial charge < -0.3 is 10.2 Å². The summed E-state index contributed by atoms with van der Waals surface area (Å²) in [6.07, 6.45) is 3.73. The molecule has 0 radical (unpaired) electrons. The molecule has 4 nitrogen and oxygen atoms in total. The smallest absolute Gasteiger partial charge is 0.335 e. The Labute approximate surface area is 81.2 Å². The molecule has 4 heteroatoms. The molecule has 14 heavy (non-hydrogen) atoms. The van der Waals surface area contributed by atoms with Crippen LogP contribution in [0.3, 0.4) is 0 Å². The van der Waals surface area contributed by atoms with Crippen LogP contribution >= 0.6 is 0 Å². The number of hydrogen-bond acceptors (Lipinski definition) is 3. The molecule has 0 atom stereocenters. The molecule has 0 spiro atoms. The zero-order valence-corrected chi connectivity index (χ0v) is 7.60. The second kappa shape index (κ2) is 3.06. The largest absolute Gasteiger partial charge is 0.478 e. The third kappa shape index (κ3) is 1.37. The normalized spacial score (nSPS) is 18.6. The lowest BCUT2D eigenvalue weighted by Gasteiger charge is -2.35. The first kappa shape index (κ1) is 9.15. The molecule has 1 saturated carbocycles. The van der Waals surface area contributed by atoms with Crippen molar-refractivity contribution in [2.24, 2.45) is 0 Å². The molecule has 2 N–H and O–H groups in total. The molecule has 1 heterocycles. The van der Waals surface area contributed by atoms with Gasteiger partial charge in [0.25, 0.3) is 0 Å². The van der Waals surface area contributed by atoms with Crippen molar-refractivity contribution < 1.29 is 15.0 Å². The molecule has 0 unspecified atom stereocenters. The summed E-state index contributed by atoms with van der Waals surface area (Å²) < 4.78 is 0. The standard InChI is InChI=1S/C10H11NO3/c12-9(13)7-2-5-11-8(6-7)10(14)3-1-4-10/h2,5-6,14H,1,3-4H2,(H,12,13). The average Bonchev–Trinajstić information content (AvgIpc) is 2.14. The first-order valence-corrected chi connectivity index (χ1v) is 4.54. The number of hydrogen-bond donors (Lipinski definition) is 2. The maximum absolute atomic E-state index is 10.7. The highest BCUT2D eigenvalue weighted by atomic mass is 16.4. The van der Waals surface area contributed by atoms with Gasteiger partial charge >= 0.3 is 5.97 Å². The number of aromatic nitrogens is 1. The van der Waals surface area contributed by atoms with E-state index in [1.54, 1.807) is 0 Å². The van der Waals surface area contributed by atoms with Crippen molar-refractivity contribution in [3.8, 4) is 0 Å². The van der Waals surface area contributed by atoms with Gasteiger partial charge in [0.05, 0.1) is 11.3 Å². The monoisotopic (exact) mass is 193 g/mol. The average molecular weight is 193 g/mol. The number of rotatable bonds is 2. The van der Waals surface area contributed by atoms with Crippen molar-refractivity contribution in [2.75, 3.05) is 0 Å². The Hall–Kier alpha value is -1.42. The fraction of sp³-hybridized carbons (Fsp3) is 0.400. The SMILES string of the molecule is O=C(O)c1ccnc(C2(O)CCC2)c1. The molecule has 0 bridgehead atoms. The van der Waals surface area contributed by atoms with Crippen LogP contribution in [0.25, 0.3) is 0 Å². The van der Waals surface area contributed by atoms with E-state index in [4.69, 9.17) is 5.11 Å². The topological polar surface area (TPSA) is 70.4 Å². The fourth-order valence-corrected chi connectivity index (χ4v) is 1.59. The lowest BCUT2D eigenvalue weighted by molar-refractivity contribution is -0.0426. The lowest BCUT2D eigenvalue weighted by Crippen LogP contribution is -2.34. The highest BCUT2D eigenvalue weighted by Gasteiger charge is 2.37. The third-order valence-electron chi connectivity index (χ3n) is 2.66. The molecule has 74 valence electrons. The molecule has 0 aromatic carbocycles. The van der Waals surface area contributed by atoms with Crippen LogP contribution in [0.1, 0.15) is 35.3 Å². The molecule has 1 aromatic heterocycles. The van der Waals surface area contributed by atoms with E-state index >= 15 is 0 Å². The summed E-state index contributed by atoms with van der Waals surface area (Å²) in [7, 11) is 0. The Morgan fingerprint density at radius 1 is 1.50 bits per heavy atom. The van der Waals surface area contributed by atoms with Gasteiger partial charge in [-0.2, -0.15) is 0 Å². The predicted molar refractivity (Wildman–Crippen MR) is 48.9 cm³/mol. The number of carbonyl (C=O) groups is 1. The van der Waals surface area contributed by atoms with Crippen molar-refractivity contribution in [3.63, 3.8) is 0 Å². The first-order valence-electron chi connectivity index (χ1n) is 4.54. The molecule has 1 aromatic rings. The second-order valence-corrected chi connectivity index (χ2v) is 3.62. The van der Waals surface area contributed by atoms with Crippen LogP contribution in [0, 0.1) is 0 Å². The molecule has 0 amide bonds. The zero-order valence-electron chi connectivity index (χ0n) is 7.60. The minimum absolute atomic E-state index is 0.176. The molecule has 0 saturated heterocycles. The van der Waals surface area contributed by atoms with Gasteiger partial charge in [-0.15, -0.1) is 0 Å². The number of carboxylic acids is 1. The summed E-state index contributed by atoms with van der Waals surface area (Å²) >= 11 is 0. The van der Waals surface area contributed by atoms with E-state index in [-0.39, 0.29) is 5.56 Å². The van der Waals surface area contributed by atoms with Crippen LogP contribution in [-0.2, 0) is 5.60 Å². The van der Waals surface area contributed by atoms with E-state index in [1.807, 2.05) is 0 Å². The minimum atomic E-state index is -0.989. The Kier molecular flexibility index (Phi) is 2.00. The Bertz CT molecular complexity index is 371. The van der Waals surface area contributed by atoms with E-state index in [9.17, 15) is 9.90 Å². The summed E-state index contributed by atoms with van der Waals surface area (Å²) in [5, 5.41) is 18.7. The Balaban J connectivity index is 2.35. The van der Waals surface area contributed by atoms with E-state index in [2.05, 4.69) is 4.98 Å². The molecular weight excluding hydrogens is 182 g/mol. The summed E-state index contributed by atoms with van der Waals surface area (Å²) in [6, 6.07) is 2.87. The molecule has 1 fully saturated rings. The van der Waals surface area contributed by atoms with Crippen molar-refractivity contribution in [3.05, 3.63) is 29.6 Å². The van der Waals surface area contributed by atoms with Crippen molar-refractivity contribution in [1.82, 2.24) is 4.98 Å². The van der Waals surface area contributed by atoms with Crippen molar-refractivity contribution in [2.45, 2.75) is 24.9 Å². The van der Waals surface area contributed by atoms with Gasteiger partial charge in [-0.25, -0.2) is 4.79 Å². The summed E-state index contributed by atoms with van der Waals surface area (Å²) in [5.41, 5.74) is -0.232. The highest BCUT2D eigenvalue weighted by Crippen LogP contribution is 2.39. The van der Waals surface area contributed by atoms with Gasteiger partial charge in [0, 0.05) is 6.20 Å². The first-order chi connectivity index (χ1) is 6.62. The molecular formula is C10H11NO3. The third-order valence-corrected chi connectivity index (χ3v) is 2.66. The maximum Gasteiger partial charge on any atom is 0.335 e. The molecule has 0 aliphatic heterocycles. The fourth-order valence-electron chi connectivity index (χ4n) is 1.59. The number of carboxylic acid groups (broad SMARTS) is 1. The number of pyridine rings is 1. The van der Waals surface area contributed by atoms with Gasteiger partial charge in [0.15, 0.2) is 0 Å².